The lowest BCUT2D eigenvalue weighted by atomic mass is 9.78. The largest absolute Gasteiger partial charge is 0.495 e. The minimum atomic E-state index is -3.35. The summed E-state index contributed by atoms with van der Waals surface area (Å²) in [6.45, 7) is 7.73. The second kappa shape index (κ2) is 6.87. The number of benzene rings is 2. The lowest BCUT2D eigenvalue weighted by molar-refractivity contribution is 0.00578. The minimum absolute atomic E-state index is 0.119. The first-order valence-electron chi connectivity index (χ1n) is 8.95. The molecule has 0 spiro atoms. The lowest BCUT2D eigenvalue weighted by Gasteiger charge is -2.32. The van der Waals surface area contributed by atoms with Crippen LogP contribution >= 0.6 is 0 Å². The van der Waals surface area contributed by atoms with E-state index in [1.807, 2.05) is 33.8 Å². The molecule has 2 aromatic rings. The second-order valence-electron chi connectivity index (χ2n) is 7.78. The monoisotopic (exact) mass is 385 g/mol. The molecule has 1 saturated heterocycles. The van der Waals surface area contributed by atoms with E-state index in [0.29, 0.717) is 5.46 Å². The van der Waals surface area contributed by atoms with E-state index < -0.39 is 29.8 Å². The van der Waals surface area contributed by atoms with E-state index in [-0.39, 0.29) is 16.9 Å². The van der Waals surface area contributed by atoms with Gasteiger partial charge >= 0.3 is 7.12 Å². The van der Waals surface area contributed by atoms with Gasteiger partial charge in [0.05, 0.1) is 18.3 Å². The molecule has 0 amide bonds. The van der Waals surface area contributed by atoms with Crippen LogP contribution in [0.3, 0.4) is 0 Å². The Morgan fingerprint density at radius 3 is 2.07 bits per heavy atom. The third kappa shape index (κ3) is 3.27. The number of halogens is 2. The third-order valence-corrected chi connectivity index (χ3v) is 5.49. The van der Waals surface area contributed by atoms with Crippen molar-refractivity contribution >= 4 is 12.6 Å². The van der Waals surface area contributed by atoms with Crippen LogP contribution in [0.5, 0.6) is 5.75 Å². The van der Waals surface area contributed by atoms with Crippen molar-refractivity contribution in [2.45, 2.75) is 44.8 Å². The average molecular weight is 385 g/mol. The maximum atomic E-state index is 15.1. The van der Waals surface area contributed by atoms with Crippen LogP contribution in [0.4, 0.5) is 8.78 Å². The molecule has 3 rings (SSSR count). The van der Waals surface area contributed by atoms with Crippen LogP contribution in [-0.2, 0) is 15.2 Å². The number of rotatable bonds is 4. The molecule has 0 N–H and O–H groups in total. The Balaban J connectivity index is 1.93. The molecule has 0 aliphatic carbocycles. The molecule has 0 atom stereocenters. The van der Waals surface area contributed by atoms with Crippen molar-refractivity contribution in [1.29, 1.82) is 5.26 Å². The van der Waals surface area contributed by atoms with E-state index >= 15 is 8.78 Å². The van der Waals surface area contributed by atoms with Crippen molar-refractivity contribution in [3.8, 4) is 11.8 Å². The number of nitrogens with zero attached hydrogens (tertiary/aromatic N) is 1. The predicted octanol–water partition coefficient (Wildman–Crippen LogP) is 4.01. The zero-order valence-electron chi connectivity index (χ0n) is 16.5. The third-order valence-electron chi connectivity index (χ3n) is 5.49. The summed E-state index contributed by atoms with van der Waals surface area (Å²) in [4.78, 5) is 0. The summed E-state index contributed by atoms with van der Waals surface area (Å²) in [7, 11) is 0.719. The molecular formula is C21H22BF2NO3. The maximum absolute atomic E-state index is 15.1. The van der Waals surface area contributed by atoms with Gasteiger partial charge in [-0.05, 0) is 39.2 Å². The molecule has 4 nitrogen and oxygen atoms in total. The normalized spacial score (nSPS) is 18.0. The fourth-order valence-corrected chi connectivity index (χ4v) is 3.06. The Morgan fingerprint density at radius 1 is 1.00 bits per heavy atom. The first-order chi connectivity index (χ1) is 13.0. The van der Waals surface area contributed by atoms with Gasteiger partial charge in [-0.2, -0.15) is 14.0 Å². The van der Waals surface area contributed by atoms with Crippen molar-refractivity contribution in [1.82, 2.24) is 0 Å². The van der Waals surface area contributed by atoms with Crippen molar-refractivity contribution in [2.75, 3.05) is 7.11 Å². The molecule has 146 valence electrons. The van der Waals surface area contributed by atoms with Crippen LogP contribution in [0.2, 0.25) is 0 Å². The molecule has 1 heterocycles. The number of methoxy groups -OCH3 is 1. The van der Waals surface area contributed by atoms with E-state index in [0.717, 1.165) is 0 Å². The summed E-state index contributed by atoms with van der Waals surface area (Å²) in [6, 6.07) is 11.8. The molecule has 0 radical (unpaired) electrons. The van der Waals surface area contributed by atoms with E-state index in [1.54, 1.807) is 12.1 Å². The van der Waals surface area contributed by atoms with Gasteiger partial charge in [-0.25, -0.2) is 0 Å². The smallest absolute Gasteiger partial charge is 0.494 e. The van der Waals surface area contributed by atoms with Crippen molar-refractivity contribution < 1.29 is 22.8 Å². The minimum Gasteiger partial charge on any atom is -0.495 e. The highest BCUT2D eigenvalue weighted by molar-refractivity contribution is 6.62. The molecule has 2 aromatic carbocycles. The first kappa shape index (κ1) is 20.3. The highest BCUT2D eigenvalue weighted by atomic mass is 19.3. The number of alkyl halides is 2. The van der Waals surface area contributed by atoms with Crippen LogP contribution in [0.15, 0.2) is 42.5 Å². The van der Waals surface area contributed by atoms with Gasteiger partial charge < -0.3 is 14.0 Å². The van der Waals surface area contributed by atoms with E-state index in [4.69, 9.17) is 14.0 Å². The number of nitriles is 1. The number of ether oxygens (including phenoxy) is 1. The molecule has 0 aromatic heterocycles. The Bertz CT molecular complexity index is 904. The highest BCUT2D eigenvalue weighted by Crippen LogP contribution is 2.40. The standard InChI is InChI=1S/C21H22BF2NO3/c1-19(2)20(3,4)28-22(27-19)15-11-9-14(10-12-15)21(23,24)17-7-6-8-18(26-5)16(17)13-25/h6-12H,1-5H3. The zero-order valence-corrected chi connectivity index (χ0v) is 16.5. The summed E-state index contributed by atoms with van der Waals surface area (Å²) in [6.07, 6.45) is 0. The lowest BCUT2D eigenvalue weighted by Crippen LogP contribution is -2.41. The molecule has 7 heteroatoms. The zero-order chi connectivity index (χ0) is 20.7. The summed E-state index contributed by atoms with van der Waals surface area (Å²) >= 11 is 0. The summed E-state index contributed by atoms with van der Waals surface area (Å²) in [5.74, 6) is -3.23. The fourth-order valence-electron chi connectivity index (χ4n) is 3.06. The summed E-state index contributed by atoms with van der Waals surface area (Å²) in [5.41, 5.74) is -1.16. The van der Waals surface area contributed by atoms with Gasteiger partial charge in [0.1, 0.15) is 17.4 Å². The molecule has 0 unspecified atom stereocenters. The van der Waals surface area contributed by atoms with Crippen LogP contribution in [-0.4, -0.2) is 25.4 Å². The Kier molecular flexibility index (Phi) is 4.99. The quantitative estimate of drug-likeness (QED) is 0.747. The molecule has 0 saturated carbocycles. The van der Waals surface area contributed by atoms with E-state index in [9.17, 15) is 5.26 Å². The fraction of sp³-hybridized carbons (Fsp3) is 0.381. The van der Waals surface area contributed by atoms with Gasteiger partial charge in [0, 0.05) is 11.1 Å². The van der Waals surface area contributed by atoms with E-state index in [2.05, 4.69) is 0 Å². The van der Waals surface area contributed by atoms with Crippen molar-refractivity contribution in [3.63, 3.8) is 0 Å². The van der Waals surface area contributed by atoms with Crippen molar-refractivity contribution in [2.24, 2.45) is 0 Å². The van der Waals surface area contributed by atoms with Gasteiger partial charge in [-0.1, -0.05) is 36.4 Å². The molecule has 1 aliphatic heterocycles. The van der Waals surface area contributed by atoms with Crippen LogP contribution in [0.25, 0.3) is 0 Å². The van der Waals surface area contributed by atoms with Crippen LogP contribution in [0.1, 0.15) is 44.4 Å². The maximum Gasteiger partial charge on any atom is 0.494 e. The van der Waals surface area contributed by atoms with Gasteiger partial charge in [0.2, 0.25) is 0 Å². The average Bonchev–Trinajstić information content (AvgIpc) is 2.88. The highest BCUT2D eigenvalue weighted by Gasteiger charge is 2.51. The van der Waals surface area contributed by atoms with Gasteiger partial charge in [0.15, 0.2) is 0 Å². The Hall–Kier alpha value is -2.43. The number of hydrogen-bond donors (Lipinski definition) is 0. The summed E-state index contributed by atoms with van der Waals surface area (Å²) in [5, 5.41) is 9.33. The molecule has 1 fully saturated rings. The first-order valence-corrected chi connectivity index (χ1v) is 8.95. The number of hydrogen-bond acceptors (Lipinski definition) is 4. The Morgan fingerprint density at radius 2 is 1.57 bits per heavy atom. The molecular weight excluding hydrogens is 363 g/mol. The Labute approximate surface area is 164 Å². The SMILES string of the molecule is COc1cccc(C(F)(F)c2ccc(B3OC(C)(C)C(C)(C)O3)cc2)c1C#N. The van der Waals surface area contributed by atoms with Crippen molar-refractivity contribution in [3.05, 3.63) is 59.2 Å². The topological polar surface area (TPSA) is 51.5 Å². The van der Waals surface area contributed by atoms with E-state index in [1.165, 1.54) is 37.4 Å². The molecule has 28 heavy (non-hydrogen) atoms. The van der Waals surface area contributed by atoms with Crippen LogP contribution < -0.4 is 10.2 Å². The second-order valence-corrected chi connectivity index (χ2v) is 7.78. The van der Waals surface area contributed by atoms with Crippen LogP contribution in [0, 0.1) is 11.3 Å². The van der Waals surface area contributed by atoms with Gasteiger partial charge in [-0.3, -0.25) is 0 Å². The molecule has 1 aliphatic rings. The van der Waals surface area contributed by atoms with Gasteiger partial charge in [-0.15, -0.1) is 0 Å². The predicted molar refractivity (Wildman–Crippen MR) is 103 cm³/mol. The van der Waals surface area contributed by atoms with Gasteiger partial charge in [0.25, 0.3) is 5.92 Å². The molecule has 0 bridgehead atoms. The summed E-state index contributed by atoms with van der Waals surface area (Å²) < 4.78 is 47.2.